The van der Waals surface area contributed by atoms with E-state index >= 15 is 0 Å². The van der Waals surface area contributed by atoms with Crippen molar-refractivity contribution >= 4 is 5.91 Å². The first-order chi connectivity index (χ1) is 11.8. The molecule has 1 saturated heterocycles. The molecule has 2 aliphatic rings. The van der Waals surface area contributed by atoms with Crippen LogP contribution in [0.15, 0.2) is 24.7 Å². The first-order valence-corrected chi connectivity index (χ1v) is 8.51. The van der Waals surface area contributed by atoms with Gasteiger partial charge in [0.25, 0.3) is 0 Å². The molecule has 0 bridgehead atoms. The van der Waals surface area contributed by atoms with Gasteiger partial charge >= 0.3 is 0 Å². The summed E-state index contributed by atoms with van der Waals surface area (Å²) in [5.41, 5.74) is 2.86. The fourth-order valence-corrected chi connectivity index (χ4v) is 3.05. The van der Waals surface area contributed by atoms with Crippen molar-refractivity contribution in [1.29, 1.82) is 0 Å². The van der Waals surface area contributed by atoms with Crippen molar-refractivity contribution in [3.63, 3.8) is 0 Å². The van der Waals surface area contributed by atoms with Crippen molar-refractivity contribution < 1.29 is 9.53 Å². The average Bonchev–Trinajstić information content (AvgIpc) is 3.14. The molecule has 1 saturated carbocycles. The van der Waals surface area contributed by atoms with Crippen LogP contribution in [0.2, 0.25) is 0 Å². The highest BCUT2D eigenvalue weighted by Crippen LogP contribution is 2.41. The summed E-state index contributed by atoms with van der Waals surface area (Å²) in [6.45, 7) is 2.48. The molecule has 0 radical (unpaired) electrons. The van der Waals surface area contributed by atoms with Gasteiger partial charge in [-0.2, -0.15) is 5.10 Å². The molecule has 126 valence electrons. The number of rotatable bonds is 6. The second kappa shape index (κ2) is 6.68. The van der Waals surface area contributed by atoms with E-state index in [9.17, 15) is 4.79 Å². The number of aromatic nitrogens is 4. The molecule has 1 aliphatic carbocycles. The van der Waals surface area contributed by atoms with Crippen LogP contribution in [0.5, 0.6) is 0 Å². The average molecular weight is 327 g/mol. The van der Waals surface area contributed by atoms with Crippen molar-refractivity contribution in [2.24, 2.45) is 5.92 Å². The predicted octanol–water partition coefficient (Wildman–Crippen LogP) is 1.37. The number of hydrogen-bond acceptors (Lipinski definition) is 5. The first kappa shape index (κ1) is 15.3. The lowest BCUT2D eigenvalue weighted by atomic mass is 10.1. The molecule has 0 aromatic carbocycles. The van der Waals surface area contributed by atoms with Crippen molar-refractivity contribution in [2.75, 3.05) is 19.8 Å². The van der Waals surface area contributed by atoms with Crippen LogP contribution in [-0.2, 0) is 16.1 Å². The zero-order valence-electron chi connectivity index (χ0n) is 13.5. The Morgan fingerprint density at radius 1 is 1.29 bits per heavy atom. The van der Waals surface area contributed by atoms with E-state index in [0.29, 0.717) is 32.2 Å². The smallest absolute Gasteiger partial charge is 0.225 e. The van der Waals surface area contributed by atoms with Gasteiger partial charge in [-0.15, -0.1) is 0 Å². The third kappa shape index (κ3) is 3.31. The Morgan fingerprint density at radius 2 is 2.21 bits per heavy atom. The lowest BCUT2D eigenvalue weighted by molar-refractivity contribution is -0.124. The maximum Gasteiger partial charge on any atom is 0.225 e. The SMILES string of the molecule is O=C(NCCn1nc(-c2cnccn2)cc1C1CC1)[C@@H]1CCOC1. The van der Waals surface area contributed by atoms with E-state index in [2.05, 4.69) is 26.4 Å². The van der Waals surface area contributed by atoms with E-state index in [1.807, 2.05) is 4.68 Å². The molecule has 24 heavy (non-hydrogen) atoms. The Kier molecular flexibility index (Phi) is 4.25. The number of carbonyl (C=O) groups is 1. The monoisotopic (exact) mass is 327 g/mol. The highest BCUT2D eigenvalue weighted by molar-refractivity contribution is 5.78. The molecule has 1 aliphatic heterocycles. The minimum absolute atomic E-state index is 0.000628. The summed E-state index contributed by atoms with van der Waals surface area (Å²) in [4.78, 5) is 20.5. The van der Waals surface area contributed by atoms with Crippen LogP contribution < -0.4 is 5.32 Å². The van der Waals surface area contributed by atoms with Gasteiger partial charge in [0.15, 0.2) is 0 Å². The third-order valence-corrected chi connectivity index (χ3v) is 4.56. The van der Waals surface area contributed by atoms with Gasteiger partial charge in [-0.25, -0.2) is 0 Å². The molecule has 7 nitrogen and oxygen atoms in total. The molecule has 1 amide bonds. The van der Waals surface area contributed by atoms with E-state index in [1.165, 1.54) is 18.5 Å². The van der Waals surface area contributed by atoms with E-state index < -0.39 is 0 Å². The maximum atomic E-state index is 12.1. The highest BCUT2D eigenvalue weighted by Gasteiger charge is 2.29. The fourth-order valence-electron chi connectivity index (χ4n) is 3.05. The van der Waals surface area contributed by atoms with E-state index in [0.717, 1.165) is 17.8 Å². The molecule has 1 N–H and O–H groups in total. The zero-order chi connectivity index (χ0) is 16.4. The van der Waals surface area contributed by atoms with Crippen LogP contribution in [0.1, 0.15) is 30.9 Å². The summed E-state index contributed by atoms with van der Waals surface area (Å²) in [6.07, 6.45) is 8.29. The largest absolute Gasteiger partial charge is 0.381 e. The molecule has 2 aromatic rings. The number of nitrogens with zero attached hydrogens (tertiary/aromatic N) is 4. The molecule has 4 rings (SSSR count). The topological polar surface area (TPSA) is 81.9 Å². The minimum atomic E-state index is 0.000628. The molecular formula is C17H21N5O2. The minimum Gasteiger partial charge on any atom is -0.381 e. The van der Waals surface area contributed by atoms with Gasteiger partial charge in [-0.3, -0.25) is 19.4 Å². The van der Waals surface area contributed by atoms with Gasteiger partial charge < -0.3 is 10.1 Å². The Balaban J connectivity index is 1.42. The molecular weight excluding hydrogens is 306 g/mol. The second-order valence-corrected chi connectivity index (χ2v) is 6.39. The predicted molar refractivity (Wildman–Crippen MR) is 87.2 cm³/mol. The molecule has 2 aromatic heterocycles. The molecule has 1 atom stereocenters. The van der Waals surface area contributed by atoms with Gasteiger partial charge in [-0.05, 0) is 25.3 Å². The molecule has 0 spiro atoms. The van der Waals surface area contributed by atoms with Gasteiger partial charge in [0, 0.05) is 37.2 Å². The Bertz CT molecular complexity index is 705. The summed E-state index contributed by atoms with van der Waals surface area (Å²) in [5, 5.41) is 7.68. The number of ether oxygens (including phenoxy) is 1. The van der Waals surface area contributed by atoms with Crippen molar-refractivity contribution in [3.8, 4) is 11.4 Å². The Labute approximate surface area is 140 Å². The second-order valence-electron chi connectivity index (χ2n) is 6.39. The summed E-state index contributed by atoms with van der Waals surface area (Å²) >= 11 is 0. The molecule has 0 unspecified atom stereocenters. The lowest BCUT2D eigenvalue weighted by Crippen LogP contribution is -2.33. The first-order valence-electron chi connectivity index (χ1n) is 8.51. The van der Waals surface area contributed by atoms with Crippen molar-refractivity contribution in [1.82, 2.24) is 25.1 Å². The van der Waals surface area contributed by atoms with Crippen molar-refractivity contribution in [3.05, 3.63) is 30.4 Å². The highest BCUT2D eigenvalue weighted by atomic mass is 16.5. The third-order valence-electron chi connectivity index (χ3n) is 4.56. The summed E-state index contributed by atoms with van der Waals surface area (Å²) in [6, 6.07) is 2.11. The number of hydrogen-bond donors (Lipinski definition) is 1. The summed E-state index contributed by atoms with van der Waals surface area (Å²) in [7, 11) is 0. The fraction of sp³-hybridized carbons (Fsp3) is 0.529. The molecule has 3 heterocycles. The zero-order valence-corrected chi connectivity index (χ0v) is 13.5. The quantitative estimate of drug-likeness (QED) is 0.866. The molecule has 7 heteroatoms. The van der Waals surface area contributed by atoms with Gasteiger partial charge in [0.05, 0.1) is 25.3 Å². The summed E-state index contributed by atoms with van der Waals surface area (Å²) in [5.74, 6) is 0.671. The van der Waals surface area contributed by atoms with Crippen LogP contribution in [0.4, 0.5) is 0 Å². The Hall–Kier alpha value is -2.28. The van der Waals surface area contributed by atoms with Gasteiger partial charge in [-0.1, -0.05) is 0 Å². The van der Waals surface area contributed by atoms with Crippen LogP contribution in [0.25, 0.3) is 11.4 Å². The van der Waals surface area contributed by atoms with E-state index in [1.54, 1.807) is 18.6 Å². The van der Waals surface area contributed by atoms with E-state index in [-0.39, 0.29) is 11.8 Å². The maximum absolute atomic E-state index is 12.1. The lowest BCUT2D eigenvalue weighted by Gasteiger charge is -2.10. The number of nitrogens with one attached hydrogen (secondary N) is 1. The van der Waals surface area contributed by atoms with Crippen LogP contribution in [-0.4, -0.2) is 45.4 Å². The van der Waals surface area contributed by atoms with Gasteiger partial charge in [0.2, 0.25) is 5.91 Å². The van der Waals surface area contributed by atoms with Crippen molar-refractivity contribution in [2.45, 2.75) is 31.7 Å². The summed E-state index contributed by atoms with van der Waals surface area (Å²) < 4.78 is 7.27. The number of amides is 1. The van der Waals surface area contributed by atoms with Crippen LogP contribution in [0.3, 0.4) is 0 Å². The van der Waals surface area contributed by atoms with E-state index in [4.69, 9.17) is 4.74 Å². The number of carbonyl (C=O) groups excluding carboxylic acids is 1. The van der Waals surface area contributed by atoms with Crippen LogP contribution in [0, 0.1) is 5.92 Å². The molecule has 2 fully saturated rings. The normalized spacial score (nSPS) is 20.2. The van der Waals surface area contributed by atoms with Crippen LogP contribution >= 0.6 is 0 Å². The standard InChI is InChI=1S/C17H21N5O2/c23-17(13-3-8-24-11-13)20-6-7-22-16(12-1-2-12)9-14(21-22)15-10-18-4-5-19-15/h4-5,9-10,12-13H,1-3,6-8,11H2,(H,20,23)/t13-/m1/s1. The van der Waals surface area contributed by atoms with Gasteiger partial charge in [0.1, 0.15) is 11.4 Å². The Morgan fingerprint density at radius 3 is 2.92 bits per heavy atom.